The topological polar surface area (TPSA) is 73.6 Å². The summed E-state index contributed by atoms with van der Waals surface area (Å²) in [5.74, 6) is -0.0366. The molecule has 18 heavy (non-hydrogen) atoms. The van der Waals surface area contributed by atoms with Crippen LogP contribution in [0, 0.1) is 0 Å². The summed E-state index contributed by atoms with van der Waals surface area (Å²) in [6.07, 6.45) is 0. The number of nitrogen functional groups attached to an aromatic ring is 1. The quantitative estimate of drug-likeness (QED) is 0.618. The highest BCUT2D eigenvalue weighted by atomic mass is 35.5. The molecule has 1 rings (SSSR count). The minimum absolute atomic E-state index is 0.174. The Bertz CT molecular complexity index is 404. The maximum Gasteiger partial charge on any atom is 0.258 e. The van der Waals surface area contributed by atoms with Crippen molar-refractivity contribution in [1.29, 1.82) is 0 Å². The third-order valence-corrected chi connectivity index (χ3v) is 2.56. The molecule has 0 aliphatic heterocycles. The van der Waals surface area contributed by atoms with E-state index in [1.165, 1.54) is 12.1 Å². The van der Waals surface area contributed by atoms with E-state index >= 15 is 0 Å². The molecule has 0 spiro atoms. The van der Waals surface area contributed by atoms with E-state index in [9.17, 15) is 4.79 Å². The number of benzene rings is 1. The number of ether oxygens (including phenoxy) is 2. The van der Waals surface area contributed by atoms with Gasteiger partial charge in [0.25, 0.3) is 5.91 Å². The van der Waals surface area contributed by atoms with E-state index in [-0.39, 0.29) is 28.3 Å². The molecule has 7 heteroatoms. The first-order valence-corrected chi connectivity index (χ1v) is 5.93. The van der Waals surface area contributed by atoms with Crippen molar-refractivity contribution in [3.63, 3.8) is 0 Å². The maximum atomic E-state index is 11.4. The predicted octanol–water partition coefficient (Wildman–Crippen LogP) is 1.72. The monoisotopic (exact) mass is 292 g/mol. The second-order valence-electron chi connectivity index (χ2n) is 3.45. The molecule has 0 saturated carbocycles. The lowest BCUT2D eigenvalue weighted by molar-refractivity contribution is -0.123. The molecule has 0 heterocycles. The van der Waals surface area contributed by atoms with Gasteiger partial charge in [0.05, 0.1) is 16.7 Å². The molecule has 5 nitrogen and oxygen atoms in total. The number of methoxy groups -OCH3 is 1. The summed E-state index contributed by atoms with van der Waals surface area (Å²) in [6, 6.07) is 3.01. The Balaban J connectivity index is 2.51. The molecule has 0 fully saturated rings. The molecule has 3 N–H and O–H groups in total. The fourth-order valence-corrected chi connectivity index (χ4v) is 1.81. The van der Waals surface area contributed by atoms with E-state index in [2.05, 4.69) is 5.32 Å². The lowest BCUT2D eigenvalue weighted by atomic mass is 10.3. The summed E-state index contributed by atoms with van der Waals surface area (Å²) in [6.45, 7) is 0.685. The number of carbonyl (C=O) groups is 1. The number of nitrogens with two attached hydrogens (primary N) is 1. The standard InChI is InChI=1S/C11H14Cl2N2O3/c1-17-3-2-15-10(16)6-18-11-8(12)4-7(14)5-9(11)13/h4-5H,2-3,6,14H2,1H3,(H,15,16). The van der Waals surface area contributed by atoms with Gasteiger partial charge in [-0.2, -0.15) is 0 Å². The number of amides is 1. The van der Waals surface area contributed by atoms with Gasteiger partial charge in [0.1, 0.15) is 0 Å². The molecule has 100 valence electrons. The lowest BCUT2D eigenvalue weighted by Crippen LogP contribution is -2.31. The summed E-state index contributed by atoms with van der Waals surface area (Å²) in [5, 5.41) is 3.14. The average Bonchev–Trinajstić information content (AvgIpc) is 2.27. The predicted molar refractivity (Wildman–Crippen MR) is 71.3 cm³/mol. The van der Waals surface area contributed by atoms with Gasteiger partial charge >= 0.3 is 0 Å². The normalized spacial score (nSPS) is 10.2. The van der Waals surface area contributed by atoms with Gasteiger partial charge in [-0.25, -0.2) is 0 Å². The Morgan fingerprint density at radius 2 is 2.00 bits per heavy atom. The van der Waals surface area contributed by atoms with Crippen LogP contribution in [0.5, 0.6) is 5.75 Å². The molecule has 1 aromatic carbocycles. The summed E-state index contributed by atoms with van der Waals surface area (Å²) in [4.78, 5) is 11.4. The first-order chi connectivity index (χ1) is 8.54. The summed E-state index contributed by atoms with van der Waals surface area (Å²) in [7, 11) is 1.55. The zero-order valence-corrected chi connectivity index (χ0v) is 11.3. The number of anilines is 1. The SMILES string of the molecule is COCCNC(=O)COc1c(Cl)cc(N)cc1Cl. The van der Waals surface area contributed by atoms with Crippen molar-refractivity contribution in [3.05, 3.63) is 22.2 Å². The molecule has 0 atom stereocenters. The summed E-state index contributed by atoms with van der Waals surface area (Å²) >= 11 is 11.8. The van der Waals surface area contributed by atoms with Gasteiger partial charge in [-0.05, 0) is 12.1 Å². The van der Waals surface area contributed by atoms with Crippen molar-refractivity contribution < 1.29 is 14.3 Å². The Morgan fingerprint density at radius 1 is 1.39 bits per heavy atom. The van der Waals surface area contributed by atoms with Crippen LogP contribution in [0.2, 0.25) is 10.0 Å². The minimum atomic E-state index is -0.281. The van der Waals surface area contributed by atoms with Crippen LogP contribution in [0.4, 0.5) is 5.69 Å². The van der Waals surface area contributed by atoms with Crippen LogP contribution in [-0.4, -0.2) is 32.8 Å². The number of halogens is 2. The molecule has 1 amide bonds. The van der Waals surface area contributed by atoms with E-state index in [4.69, 9.17) is 38.4 Å². The molecule has 1 aromatic rings. The van der Waals surface area contributed by atoms with Crippen LogP contribution < -0.4 is 15.8 Å². The molecule has 0 aromatic heterocycles. The summed E-state index contributed by atoms with van der Waals surface area (Å²) in [5.41, 5.74) is 5.98. The number of nitrogens with one attached hydrogen (secondary N) is 1. The van der Waals surface area contributed by atoms with Crippen LogP contribution in [0.3, 0.4) is 0 Å². The second kappa shape index (κ2) is 7.31. The Morgan fingerprint density at radius 3 is 2.56 bits per heavy atom. The zero-order valence-electron chi connectivity index (χ0n) is 9.83. The van der Waals surface area contributed by atoms with Gasteiger partial charge in [-0.3, -0.25) is 4.79 Å². The van der Waals surface area contributed by atoms with Gasteiger partial charge in [0.15, 0.2) is 12.4 Å². The van der Waals surface area contributed by atoms with Gasteiger partial charge in [0.2, 0.25) is 0 Å². The molecule has 0 saturated heterocycles. The first kappa shape index (κ1) is 14.9. The average molecular weight is 293 g/mol. The molecule has 0 aliphatic rings. The van der Waals surface area contributed by atoms with Crippen molar-refractivity contribution in [3.8, 4) is 5.75 Å². The van der Waals surface area contributed by atoms with Crippen molar-refractivity contribution >= 4 is 34.8 Å². The first-order valence-electron chi connectivity index (χ1n) is 5.17. The van der Waals surface area contributed by atoms with E-state index < -0.39 is 0 Å². The molecule has 0 bridgehead atoms. The van der Waals surface area contributed by atoms with E-state index in [1.54, 1.807) is 7.11 Å². The Hall–Kier alpha value is -1.17. The molecule has 0 unspecified atom stereocenters. The van der Waals surface area contributed by atoms with Gasteiger partial charge in [0, 0.05) is 19.3 Å². The molecule has 0 radical (unpaired) electrons. The largest absolute Gasteiger partial charge is 0.481 e. The number of hydrogen-bond acceptors (Lipinski definition) is 4. The number of carbonyl (C=O) groups excluding carboxylic acids is 1. The molecular weight excluding hydrogens is 279 g/mol. The highest BCUT2D eigenvalue weighted by Crippen LogP contribution is 2.34. The van der Waals surface area contributed by atoms with Crippen molar-refractivity contribution in [2.45, 2.75) is 0 Å². The number of hydrogen-bond donors (Lipinski definition) is 2. The molecule has 0 aliphatic carbocycles. The fourth-order valence-electron chi connectivity index (χ4n) is 1.20. The van der Waals surface area contributed by atoms with E-state index in [0.717, 1.165) is 0 Å². The molecular formula is C11H14Cl2N2O3. The Labute approximate surface area is 115 Å². The third kappa shape index (κ3) is 4.60. The van der Waals surface area contributed by atoms with E-state index in [1.807, 2.05) is 0 Å². The minimum Gasteiger partial charge on any atom is -0.481 e. The van der Waals surface area contributed by atoms with Crippen molar-refractivity contribution in [1.82, 2.24) is 5.32 Å². The zero-order chi connectivity index (χ0) is 13.5. The van der Waals surface area contributed by atoms with Crippen LogP contribution in [0.1, 0.15) is 0 Å². The lowest BCUT2D eigenvalue weighted by Gasteiger charge is -2.10. The third-order valence-electron chi connectivity index (χ3n) is 2.00. The smallest absolute Gasteiger partial charge is 0.258 e. The van der Waals surface area contributed by atoms with E-state index in [0.29, 0.717) is 18.8 Å². The second-order valence-corrected chi connectivity index (χ2v) is 4.26. The van der Waals surface area contributed by atoms with Crippen LogP contribution in [0.15, 0.2) is 12.1 Å². The number of rotatable bonds is 6. The summed E-state index contributed by atoms with van der Waals surface area (Å²) < 4.78 is 10.0. The highest BCUT2D eigenvalue weighted by Gasteiger charge is 2.10. The van der Waals surface area contributed by atoms with Gasteiger partial charge in [-0.1, -0.05) is 23.2 Å². The van der Waals surface area contributed by atoms with Crippen molar-refractivity contribution in [2.24, 2.45) is 0 Å². The van der Waals surface area contributed by atoms with Gasteiger partial charge in [-0.15, -0.1) is 0 Å². The maximum absolute atomic E-state index is 11.4. The van der Waals surface area contributed by atoms with Crippen molar-refractivity contribution in [2.75, 3.05) is 32.6 Å². The van der Waals surface area contributed by atoms with Crippen LogP contribution in [0.25, 0.3) is 0 Å². The van der Waals surface area contributed by atoms with Gasteiger partial charge < -0.3 is 20.5 Å². The fraction of sp³-hybridized carbons (Fsp3) is 0.364. The van der Waals surface area contributed by atoms with Crippen LogP contribution in [-0.2, 0) is 9.53 Å². The highest BCUT2D eigenvalue weighted by molar-refractivity contribution is 6.37. The van der Waals surface area contributed by atoms with Crippen LogP contribution >= 0.6 is 23.2 Å². The Kier molecular flexibility index (Phi) is 6.04.